The van der Waals surface area contributed by atoms with Gasteiger partial charge in [-0.2, -0.15) is 0 Å². The molecule has 2 amide bonds. The first kappa shape index (κ1) is 12.7. The van der Waals surface area contributed by atoms with Crippen molar-refractivity contribution in [1.29, 1.82) is 0 Å². The summed E-state index contributed by atoms with van der Waals surface area (Å²) >= 11 is 0. The Labute approximate surface area is 93.2 Å². The van der Waals surface area contributed by atoms with E-state index in [9.17, 15) is 9.59 Å². The molecule has 92 valence electrons. The van der Waals surface area contributed by atoms with Crippen LogP contribution in [0.25, 0.3) is 0 Å². The predicted octanol–water partition coefficient (Wildman–Crippen LogP) is -1.44. The Morgan fingerprint density at radius 3 is 2.75 bits per heavy atom. The van der Waals surface area contributed by atoms with Crippen LogP contribution in [0.3, 0.4) is 0 Å². The smallest absolute Gasteiger partial charge is 0.328 e. The van der Waals surface area contributed by atoms with E-state index in [2.05, 4.69) is 5.32 Å². The minimum atomic E-state index is -1.26. The Morgan fingerprint density at radius 2 is 2.25 bits per heavy atom. The lowest BCUT2D eigenvalue weighted by Gasteiger charge is -2.31. The zero-order chi connectivity index (χ0) is 12.1. The number of carboxylic acid groups (broad SMARTS) is 1. The fourth-order valence-electron chi connectivity index (χ4n) is 1.62. The number of hydrogen-bond donors (Lipinski definition) is 4. The maximum absolute atomic E-state index is 11.6. The Hall–Kier alpha value is -1.34. The summed E-state index contributed by atoms with van der Waals surface area (Å²) < 4.78 is 0. The van der Waals surface area contributed by atoms with Crippen LogP contribution in [0, 0.1) is 0 Å². The number of nitrogens with one attached hydrogen (secondary N) is 1. The van der Waals surface area contributed by atoms with Crippen LogP contribution >= 0.6 is 0 Å². The van der Waals surface area contributed by atoms with E-state index in [1.165, 1.54) is 4.90 Å². The van der Waals surface area contributed by atoms with Gasteiger partial charge in [0, 0.05) is 19.1 Å². The first-order valence-corrected chi connectivity index (χ1v) is 5.19. The third kappa shape index (κ3) is 3.35. The number of aliphatic hydroxyl groups is 1. The summed E-state index contributed by atoms with van der Waals surface area (Å²) in [5.41, 5.74) is 5.70. The van der Waals surface area contributed by atoms with Crippen LogP contribution in [0.4, 0.5) is 4.79 Å². The van der Waals surface area contributed by atoms with Crippen molar-refractivity contribution in [1.82, 2.24) is 10.2 Å². The van der Waals surface area contributed by atoms with E-state index in [0.29, 0.717) is 13.1 Å². The van der Waals surface area contributed by atoms with Gasteiger partial charge in [0.1, 0.15) is 0 Å². The molecule has 1 heterocycles. The second kappa shape index (κ2) is 5.66. The number of hydrogen-bond acceptors (Lipinski definition) is 4. The summed E-state index contributed by atoms with van der Waals surface area (Å²) in [6.07, 6.45) is 1.68. The summed E-state index contributed by atoms with van der Waals surface area (Å²) in [7, 11) is 0. The van der Waals surface area contributed by atoms with E-state index >= 15 is 0 Å². The molecular weight excluding hydrogens is 214 g/mol. The lowest BCUT2D eigenvalue weighted by atomic mass is 10.1. The quantitative estimate of drug-likeness (QED) is 0.475. The number of carbonyl (C=O) groups excluding carboxylic acids is 1. The predicted molar refractivity (Wildman–Crippen MR) is 55.8 cm³/mol. The van der Waals surface area contributed by atoms with Crippen LogP contribution in [0.1, 0.15) is 12.8 Å². The fraction of sp³-hybridized carbons (Fsp3) is 0.778. The van der Waals surface area contributed by atoms with Gasteiger partial charge in [0.2, 0.25) is 0 Å². The third-order valence-corrected chi connectivity index (χ3v) is 2.52. The molecule has 2 unspecified atom stereocenters. The van der Waals surface area contributed by atoms with E-state index in [1.807, 2.05) is 0 Å². The van der Waals surface area contributed by atoms with E-state index in [1.54, 1.807) is 0 Å². The molecule has 1 aliphatic heterocycles. The summed E-state index contributed by atoms with van der Waals surface area (Å²) in [4.78, 5) is 23.7. The molecule has 0 saturated carbocycles. The second-order valence-corrected chi connectivity index (χ2v) is 3.87. The fourth-order valence-corrected chi connectivity index (χ4v) is 1.62. The van der Waals surface area contributed by atoms with E-state index < -0.39 is 24.6 Å². The van der Waals surface area contributed by atoms with Gasteiger partial charge in [0.15, 0.2) is 6.04 Å². The Kier molecular flexibility index (Phi) is 4.51. The zero-order valence-corrected chi connectivity index (χ0v) is 8.93. The molecule has 1 fully saturated rings. The molecule has 0 radical (unpaired) electrons. The molecule has 0 aromatic rings. The van der Waals surface area contributed by atoms with Crippen molar-refractivity contribution in [3.63, 3.8) is 0 Å². The maximum atomic E-state index is 11.6. The van der Waals surface area contributed by atoms with Crippen LogP contribution in [0.15, 0.2) is 0 Å². The minimum absolute atomic E-state index is 0.0584. The van der Waals surface area contributed by atoms with E-state index in [0.717, 1.165) is 12.8 Å². The van der Waals surface area contributed by atoms with Crippen molar-refractivity contribution >= 4 is 12.0 Å². The summed E-state index contributed by atoms with van der Waals surface area (Å²) in [5.74, 6) is -1.25. The molecule has 0 aromatic carbocycles. The summed E-state index contributed by atoms with van der Waals surface area (Å²) in [6.45, 7) is 0.363. The normalized spacial score (nSPS) is 22.6. The van der Waals surface area contributed by atoms with Gasteiger partial charge >= 0.3 is 12.0 Å². The van der Waals surface area contributed by atoms with Crippen molar-refractivity contribution in [2.24, 2.45) is 5.73 Å². The van der Waals surface area contributed by atoms with Gasteiger partial charge in [-0.15, -0.1) is 0 Å². The average Bonchev–Trinajstić information content (AvgIpc) is 2.25. The number of nitrogens with zero attached hydrogens (tertiary/aromatic N) is 1. The van der Waals surface area contributed by atoms with Gasteiger partial charge in [-0.25, -0.2) is 9.59 Å². The molecule has 0 aliphatic carbocycles. The van der Waals surface area contributed by atoms with Gasteiger partial charge in [-0.1, -0.05) is 0 Å². The van der Waals surface area contributed by atoms with Crippen molar-refractivity contribution in [3.05, 3.63) is 0 Å². The van der Waals surface area contributed by atoms with Crippen LogP contribution in [-0.2, 0) is 4.79 Å². The number of urea groups is 1. The molecule has 7 heteroatoms. The number of likely N-dealkylation sites (tertiary alicyclic amines) is 1. The van der Waals surface area contributed by atoms with E-state index in [4.69, 9.17) is 15.9 Å². The first-order chi connectivity index (χ1) is 7.54. The van der Waals surface area contributed by atoms with Gasteiger partial charge in [0.05, 0.1) is 6.61 Å². The van der Waals surface area contributed by atoms with Crippen LogP contribution in [0.2, 0.25) is 0 Å². The van der Waals surface area contributed by atoms with Crippen LogP contribution in [-0.4, -0.2) is 58.9 Å². The average molecular weight is 231 g/mol. The molecule has 5 N–H and O–H groups in total. The molecule has 1 saturated heterocycles. The number of carbonyl (C=O) groups is 2. The van der Waals surface area contributed by atoms with Crippen LogP contribution in [0.5, 0.6) is 0 Å². The Morgan fingerprint density at radius 1 is 1.56 bits per heavy atom. The topological polar surface area (TPSA) is 116 Å². The second-order valence-electron chi connectivity index (χ2n) is 3.87. The Balaban J connectivity index is 2.47. The number of aliphatic hydroxyl groups excluding tert-OH is 1. The van der Waals surface area contributed by atoms with Crippen molar-refractivity contribution in [3.8, 4) is 0 Å². The lowest BCUT2D eigenvalue weighted by molar-refractivity contribution is -0.140. The highest BCUT2D eigenvalue weighted by Crippen LogP contribution is 2.08. The number of aliphatic carboxylic acids is 1. The highest BCUT2D eigenvalue weighted by molar-refractivity contribution is 5.82. The van der Waals surface area contributed by atoms with Crippen molar-refractivity contribution in [2.75, 3.05) is 19.7 Å². The number of amides is 2. The summed E-state index contributed by atoms with van der Waals surface area (Å²) in [5, 5.41) is 19.6. The molecule has 2 atom stereocenters. The van der Waals surface area contributed by atoms with Gasteiger partial charge in [-0.05, 0) is 12.8 Å². The van der Waals surface area contributed by atoms with E-state index in [-0.39, 0.29) is 6.04 Å². The number of piperidine rings is 1. The third-order valence-electron chi connectivity index (χ3n) is 2.52. The summed E-state index contributed by atoms with van der Waals surface area (Å²) in [6, 6.07) is -1.81. The molecular formula is C9H17N3O4. The van der Waals surface area contributed by atoms with Gasteiger partial charge in [-0.3, -0.25) is 0 Å². The Bertz CT molecular complexity index is 271. The van der Waals surface area contributed by atoms with Crippen molar-refractivity contribution < 1.29 is 19.8 Å². The molecule has 0 bridgehead atoms. The molecule has 1 aliphatic rings. The molecule has 1 rings (SSSR count). The highest BCUT2D eigenvalue weighted by Gasteiger charge is 2.25. The number of carboxylic acids is 1. The zero-order valence-electron chi connectivity index (χ0n) is 8.93. The van der Waals surface area contributed by atoms with Crippen molar-refractivity contribution in [2.45, 2.75) is 24.9 Å². The molecule has 16 heavy (non-hydrogen) atoms. The molecule has 7 nitrogen and oxygen atoms in total. The first-order valence-electron chi connectivity index (χ1n) is 5.19. The lowest BCUT2D eigenvalue weighted by Crippen LogP contribution is -2.54. The maximum Gasteiger partial charge on any atom is 0.328 e. The monoisotopic (exact) mass is 231 g/mol. The highest BCUT2D eigenvalue weighted by atomic mass is 16.4. The molecule has 0 aromatic heterocycles. The number of nitrogens with two attached hydrogens (primary N) is 1. The standard InChI is InChI=1S/C9H17N3O4/c10-6-2-1-3-12(4-6)9(16)11-7(5-13)8(14)15/h6-7,13H,1-5,10H2,(H,11,16)(H,14,15). The molecule has 0 spiro atoms. The number of rotatable bonds is 3. The van der Waals surface area contributed by atoms with Crippen LogP contribution < -0.4 is 11.1 Å². The minimum Gasteiger partial charge on any atom is -0.480 e. The van der Waals surface area contributed by atoms with Gasteiger partial charge in [0.25, 0.3) is 0 Å². The van der Waals surface area contributed by atoms with Gasteiger partial charge < -0.3 is 26.2 Å². The largest absolute Gasteiger partial charge is 0.480 e. The SMILES string of the molecule is NC1CCCN(C(=O)NC(CO)C(=O)O)C1.